The first-order valence-electron chi connectivity index (χ1n) is 7.48. The number of aliphatic hydroxyl groups is 1. The van der Waals surface area contributed by atoms with Gasteiger partial charge in [0, 0.05) is 11.6 Å². The minimum Gasteiger partial charge on any atom is -0.481 e. The van der Waals surface area contributed by atoms with Gasteiger partial charge in [-0.25, -0.2) is 0 Å². The average Bonchev–Trinajstić information content (AvgIpc) is 2.55. The van der Waals surface area contributed by atoms with Crippen molar-refractivity contribution in [2.75, 3.05) is 6.61 Å². The van der Waals surface area contributed by atoms with Gasteiger partial charge in [-0.15, -0.1) is 0 Å². The quantitative estimate of drug-likeness (QED) is 0.817. The van der Waals surface area contributed by atoms with E-state index in [9.17, 15) is 9.90 Å². The number of nitrogens with one attached hydrogen (secondary N) is 1. The highest BCUT2D eigenvalue weighted by atomic mass is 35.5. The van der Waals surface area contributed by atoms with Gasteiger partial charge in [0.25, 0.3) is 5.91 Å². The zero-order chi connectivity index (χ0) is 16.7. The number of aliphatic hydroxyl groups excluding tert-OH is 1. The van der Waals surface area contributed by atoms with E-state index in [0.29, 0.717) is 17.2 Å². The van der Waals surface area contributed by atoms with Crippen molar-refractivity contribution < 1.29 is 14.6 Å². The van der Waals surface area contributed by atoms with E-state index in [1.807, 2.05) is 30.3 Å². The minimum atomic E-state index is -0.668. The number of halogens is 1. The Hall–Kier alpha value is -2.04. The molecule has 5 heteroatoms. The maximum atomic E-state index is 12.3. The third-order valence-corrected chi connectivity index (χ3v) is 3.65. The van der Waals surface area contributed by atoms with E-state index in [0.717, 1.165) is 5.56 Å². The fourth-order valence-electron chi connectivity index (χ4n) is 2.22. The maximum Gasteiger partial charge on any atom is 0.261 e. The third-order valence-electron chi connectivity index (χ3n) is 3.41. The van der Waals surface area contributed by atoms with Crippen LogP contribution in [0.3, 0.4) is 0 Å². The van der Waals surface area contributed by atoms with Crippen LogP contribution in [0.2, 0.25) is 5.02 Å². The van der Waals surface area contributed by atoms with E-state index in [1.54, 1.807) is 31.2 Å². The number of ether oxygens (including phenoxy) is 1. The number of hydrogen-bond donors (Lipinski definition) is 2. The van der Waals surface area contributed by atoms with E-state index in [-0.39, 0.29) is 18.6 Å². The van der Waals surface area contributed by atoms with Crippen LogP contribution < -0.4 is 10.1 Å². The molecule has 0 fully saturated rings. The van der Waals surface area contributed by atoms with Crippen LogP contribution in [0.4, 0.5) is 0 Å². The third kappa shape index (κ3) is 5.27. The predicted octanol–water partition coefficient (Wildman–Crippen LogP) is 3.35. The van der Waals surface area contributed by atoms with Crippen molar-refractivity contribution in [2.45, 2.75) is 25.5 Å². The Bertz CT molecular complexity index is 633. The van der Waals surface area contributed by atoms with Gasteiger partial charge in [-0.3, -0.25) is 4.79 Å². The first-order valence-corrected chi connectivity index (χ1v) is 7.86. The lowest BCUT2D eigenvalue weighted by Crippen LogP contribution is -2.39. The molecule has 0 bridgehead atoms. The molecule has 2 atom stereocenters. The molecule has 0 aromatic heterocycles. The lowest BCUT2D eigenvalue weighted by Gasteiger charge is -2.21. The minimum absolute atomic E-state index is 0.0105. The van der Waals surface area contributed by atoms with Gasteiger partial charge in [-0.1, -0.05) is 48.0 Å². The molecular formula is C18H20ClNO3. The smallest absolute Gasteiger partial charge is 0.261 e. The number of carbonyl (C=O) groups is 1. The number of amides is 1. The van der Waals surface area contributed by atoms with Crippen LogP contribution in [0.25, 0.3) is 0 Å². The van der Waals surface area contributed by atoms with Crippen molar-refractivity contribution in [3.63, 3.8) is 0 Å². The molecule has 0 heterocycles. The van der Waals surface area contributed by atoms with Crippen molar-refractivity contribution in [3.8, 4) is 5.75 Å². The summed E-state index contributed by atoms with van der Waals surface area (Å²) in [5.41, 5.74) is 0.949. The molecule has 0 aliphatic carbocycles. The molecule has 0 saturated carbocycles. The molecule has 2 unspecified atom stereocenters. The number of carbonyl (C=O) groups excluding carboxylic acids is 1. The molecule has 2 N–H and O–H groups in total. The predicted molar refractivity (Wildman–Crippen MR) is 90.6 cm³/mol. The standard InChI is InChI=1S/C18H20ClNO3/c1-13(23-16-9-5-8-15(19)12-16)18(22)20-17(10-11-21)14-6-3-2-4-7-14/h2-9,12-13,17,21H,10-11H2,1H3,(H,20,22). The highest BCUT2D eigenvalue weighted by molar-refractivity contribution is 6.30. The van der Waals surface area contributed by atoms with Crippen LogP contribution in [0.5, 0.6) is 5.75 Å². The van der Waals surface area contributed by atoms with E-state index in [2.05, 4.69) is 5.32 Å². The summed E-state index contributed by atoms with van der Waals surface area (Å²) in [7, 11) is 0. The second-order valence-corrected chi connectivity index (χ2v) is 5.64. The molecule has 2 aromatic rings. The van der Waals surface area contributed by atoms with Gasteiger partial charge in [-0.2, -0.15) is 0 Å². The van der Waals surface area contributed by atoms with Gasteiger partial charge in [0.1, 0.15) is 5.75 Å². The van der Waals surface area contributed by atoms with Crippen molar-refractivity contribution >= 4 is 17.5 Å². The highest BCUT2D eigenvalue weighted by Gasteiger charge is 2.20. The normalized spacial score (nSPS) is 13.2. The average molecular weight is 334 g/mol. The Morgan fingerprint density at radius 1 is 1.22 bits per heavy atom. The van der Waals surface area contributed by atoms with Gasteiger partial charge in [-0.05, 0) is 37.1 Å². The fourth-order valence-corrected chi connectivity index (χ4v) is 2.40. The molecular weight excluding hydrogens is 314 g/mol. The highest BCUT2D eigenvalue weighted by Crippen LogP contribution is 2.20. The summed E-state index contributed by atoms with van der Waals surface area (Å²) in [4.78, 5) is 12.3. The van der Waals surface area contributed by atoms with Crippen LogP contribution in [0.15, 0.2) is 54.6 Å². The Morgan fingerprint density at radius 2 is 1.96 bits per heavy atom. The molecule has 0 radical (unpaired) electrons. The zero-order valence-electron chi connectivity index (χ0n) is 12.9. The first kappa shape index (κ1) is 17.3. The fraction of sp³-hybridized carbons (Fsp3) is 0.278. The summed E-state index contributed by atoms with van der Waals surface area (Å²) >= 11 is 5.91. The van der Waals surface area contributed by atoms with Gasteiger partial charge in [0.05, 0.1) is 6.04 Å². The summed E-state index contributed by atoms with van der Waals surface area (Å²) in [6.07, 6.45) is -0.224. The second-order valence-electron chi connectivity index (χ2n) is 5.20. The topological polar surface area (TPSA) is 58.6 Å². The van der Waals surface area contributed by atoms with Crippen LogP contribution in [-0.4, -0.2) is 23.7 Å². The van der Waals surface area contributed by atoms with Crippen molar-refractivity contribution in [3.05, 3.63) is 65.2 Å². The Balaban J connectivity index is 2.00. The lowest BCUT2D eigenvalue weighted by atomic mass is 10.0. The molecule has 2 aromatic carbocycles. The molecule has 0 aliphatic heterocycles. The molecule has 122 valence electrons. The first-order chi connectivity index (χ1) is 11.1. The SMILES string of the molecule is CC(Oc1cccc(Cl)c1)C(=O)NC(CCO)c1ccccc1. The summed E-state index contributed by atoms with van der Waals surface area (Å²) in [6, 6.07) is 16.2. The Labute approximate surface area is 141 Å². The van der Waals surface area contributed by atoms with E-state index >= 15 is 0 Å². The zero-order valence-corrected chi connectivity index (χ0v) is 13.7. The van der Waals surface area contributed by atoms with Gasteiger partial charge < -0.3 is 15.2 Å². The van der Waals surface area contributed by atoms with Crippen molar-refractivity contribution in [1.82, 2.24) is 5.32 Å². The Morgan fingerprint density at radius 3 is 2.61 bits per heavy atom. The second kappa shape index (κ2) is 8.56. The van der Waals surface area contributed by atoms with E-state index < -0.39 is 6.10 Å². The molecule has 0 spiro atoms. The van der Waals surface area contributed by atoms with Crippen molar-refractivity contribution in [1.29, 1.82) is 0 Å². The molecule has 1 amide bonds. The molecule has 0 saturated heterocycles. The van der Waals surface area contributed by atoms with Crippen LogP contribution in [0, 0.1) is 0 Å². The summed E-state index contributed by atoms with van der Waals surface area (Å²) in [5, 5.41) is 12.7. The van der Waals surface area contributed by atoms with Gasteiger partial charge in [0.15, 0.2) is 6.10 Å². The summed E-state index contributed by atoms with van der Waals surface area (Å²) in [5.74, 6) is 0.297. The molecule has 2 rings (SSSR count). The van der Waals surface area contributed by atoms with E-state index in [4.69, 9.17) is 16.3 Å². The van der Waals surface area contributed by atoms with Gasteiger partial charge in [0.2, 0.25) is 0 Å². The van der Waals surface area contributed by atoms with Crippen LogP contribution >= 0.6 is 11.6 Å². The number of rotatable bonds is 7. The van der Waals surface area contributed by atoms with Crippen LogP contribution in [-0.2, 0) is 4.79 Å². The monoisotopic (exact) mass is 333 g/mol. The maximum absolute atomic E-state index is 12.3. The molecule has 4 nitrogen and oxygen atoms in total. The summed E-state index contributed by atoms with van der Waals surface area (Å²) < 4.78 is 5.61. The number of benzene rings is 2. The van der Waals surface area contributed by atoms with Crippen LogP contribution in [0.1, 0.15) is 24.9 Å². The van der Waals surface area contributed by atoms with Crippen molar-refractivity contribution in [2.24, 2.45) is 0 Å². The molecule has 0 aliphatic rings. The Kier molecular flexibility index (Phi) is 6.44. The molecule has 23 heavy (non-hydrogen) atoms. The largest absolute Gasteiger partial charge is 0.481 e. The number of hydrogen-bond acceptors (Lipinski definition) is 3. The summed E-state index contributed by atoms with van der Waals surface area (Å²) in [6.45, 7) is 1.67. The van der Waals surface area contributed by atoms with Gasteiger partial charge >= 0.3 is 0 Å². The van der Waals surface area contributed by atoms with E-state index in [1.165, 1.54) is 0 Å². The lowest BCUT2D eigenvalue weighted by molar-refractivity contribution is -0.128.